The highest BCUT2D eigenvalue weighted by molar-refractivity contribution is 4.84. The van der Waals surface area contributed by atoms with Crippen molar-refractivity contribution in [1.82, 2.24) is 10.6 Å². The third kappa shape index (κ3) is 8.24. The summed E-state index contributed by atoms with van der Waals surface area (Å²) in [7, 11) is 0. The summed E-state index contributed by atoms with van der Waals surface area (Å²) in [6, 6.07) is 0. The Kier molecular flexibility index (Phi) is 10.5. The molecule has 0 amide bonds. The molecule has 0 spiro atoms. The quantitative estimate of drug-likeness (QED) is 0.420. The van der Waals surface area contributed by atoms with Gasteiger partial charge in [-0.25, -0.2) is 0 Å². The summed E-state index contributed by atoms with van der Waals surface area (Å²) in [6.07, 6.45) is 13.6. The number of rotatable bonds is 12. The van der Waals surface area contributed by atoms with Gasteiger partial charge in [0.15, 0.2) is 18.4 Å². The first-order valence-electron chi connectivity index (χ1n) is 13.1. The van der Waals surface area contributed by atoms with Crippen molar-refractivity contribution < 1.29 is 18.9 Å². The van der Waals surface area contributed by atoms with E-state index in [1.165, 1.54) is 51.4 Å². The van der Waals surface area contributed by atoms with Gasteiger partial charge < -0.3 is 18.9 Å². The summed E-state index contributed by atoms with van der Waals surface area (Å²) in [6.45, 7) is 11.3. The number of ether oxygens (including phenoxy) is 4. The molecule has 0 radical (unpaired) electrons. The molecular weight excluding hydrogens is 392 g/mol. The number of unbranched alkanes of at least 4 members (excludes halogenated alkanes) is 5. The molecule has 0 aromatic heterocycles. The first-order chi connectivity index (χ1) is 15.0. The second kappa shape index (κ2) is 12.9. The van der Waals surface area contributed by atoms with Gasteiger partial charge in [0.05, 0.1) is 12.7 Å². The van der Waals surface area contributed by atoms with Gasteiger partial charge in [0.2, 0.25) is 0 Å². The molecule has 2 heterocycles. The zero-order chi connectivity index (χ0) is 22.1. The van der Waals surface area contributed by atoms with E-state index >= 15 is 0 Å². The van der Waals surface area contributed by atoms with Crippen LogP contribution in [0.2, 0.25) is 0 Å². The molecule has 0 bridgehead atoms. The molecule has 3 aliphatic rings. The average molecular weight is 441 g/mol. The molecular formula is C25H48N2O4. The Morgan fingerprint density at radius 1 is 0.839 bits per heavy atom. The summed E-state index contributed by atoms with van der Waals surface area (Å²) < 4.78 is 24.3. The molecule has 3 rings (SSSR count). The van der Waals surface area contributed by atoms with Crippen molar-refractivity contribution in [2.24, 2.45) is 11.8 Å². The van der Waals surface area contributed by atoms with Gasteiger partial charge in [0.1, 0.15) is 6.10 Å². The van der Waals surface area contributed by atoms with Crippen molar-refractivity contribution in [3.05, 3.63) is 0 Å². The lowest BCUT2D eigenvalue weighted by molar-refractivity contribution is -0.209. The fourth-order valence-electron chi connectivity index (χ4n) is 5.28. The summed E-state index contributed by atoms with van der Waals surface area (Å²) >= 11 is 0. The highest BCUT2D eigenvalue weighted by atomic mass is 16.8. The monoisotopic (exact) mass is 440 g/mol. The molecule has 2 N–H and O–H groups in total. The fraction of sp³-hybridized carbons (Fsp3) is 1.00. The Morgan fingerprint density at radius 3 is 2.19 bits per heavy atom. The highest BCUT2D eigenvalue weighted by Gasteiger charge is 2.42. The third-order valence-corrected chi connectivity index (χ3v) is 7.17. The molecule has 0 aromatic carbocycles. The molecule has 2 atom stereocenters. The smallest absolute Gasteiger partial charge is 0.187 e. The van der Waals surface area contributed by atoms with Gasteiger partial charge in [-0.3, -0.25) is 10.6 Å². The zero-order valence-electron chi connectivity index (χ0n) is 20.5. The lowest BCUT2D eigenvalue weighted by atomic mass is 9.78. The number of hydrogen-bond acceptors (Lipinski definition) is 6. The van der Waals surface area contributed by atoms with Crippen molar-refractivity contribution in [3.8, 4) is 0 Å². The van der Waals surface area contributed by atoms with Crippen LogP contribution in [-0.2, 0) is 18.9 Å². The molecule has 31 heavy (non-hydrogen) atoms. The van der Waals surface area contributed by atoms with E-state index < -0.39 is 5.79 Å². The Morgan fingerprint density at radius 2 is 1.52 bits per heavy atom. The molecule has 2 unspecified atom stereocenters. The van der Waals surface area contributed by atoms with Gasteiger partial charge in [0.25, 0.3) is 0 Å². The largest absolute Gasteiger partial charge is 0.350 e. The molecule has 1 saturated carbocycles. The van der Waals surface area contributed by atoms with Crippen LogP contribution in [0.25, 0.3) is 0 Å². The average Bonchev–Trinajstić information content (AvgIpc) is 3.07. The molecule has 3 fully saturated rings. The van der Waals surface area contributed by atoms with Gasteiger partial charge in [-0.2, -0.15) is 0 Å². The lowest BCUT2D eigenvalue weighted by Gasteiger charge is -2.39. The van der Waals surface area contributed by atoms with Crippen LogP contribution in [0.5, 0.6) is 0 Å². The minimum absolute atomic E-state index is 0.0282. The van der Waals surface area contributed by atoms with E-state index in [-0.39, 0.29) is 18.7 Å². The normalized spacial score (nSPS) is 36.0. The van der Waals surface area contributed by atoms with Crippen molar-refractivity contribution in [2.75, 3.05) is 19.7 Å². The van der Waals surface area contributed by atoms with Crippen molar-refractivity contribution in [2.45, 2.75) is 129 Å². The Labute approximate surface area is 190 Å². The van der Waals surface area contributed by atoms with Crippen LogP contribution in [0.15, 0.2) is 0 Å². The predicted molar refractivity (Wildman–Crippen MR) is 124 cm³/mol. The van der Waals surface area contributed by atoms with Crippen LogP contribution in [0.4, 0.5) is 0 Å². The Hall–Kier alpha value is -0.240. The minimum Gasteiger partial charge on any atom is -0.350 e. The second-order valence-electron chi connectivity index (χ2n) is 10.2. The SMILES string of the molecule is CCCCCCCCOC1NCC(C2CCC(OC3OC(C)(C)OC3CC)CC2)CN1. The summed E-state index contributed by atoms with van der Waals surface area (Å²) in [4.78, 5) is 0. The Balaban J connectivity index is 1.27. The standard InChI is InChI=1S/C25H48N2O4/c1-5-7-8-9-10-11-16-28-24-26-17-20(18-27-24)19-12-14-21(15-13-19)29-23-22(6-2)30-25(3,4)31-23/h19-24,26-27H,5-18H2,1-4H3. The van der Waals surface area contributed by atoms with Crippen LogP contribution < -0.4 is 10.6 Å². The maximum Gasteiger partial charge on any atom is 0.187 e. The first-order valence-corrected chi connectivity index (χ1v) is 13.1. The Bertz CT molecular complexity index is 488. The van der Waals surface area contributed by atoms with E-state index in [1.54, 1.807) is 0 Å². The molecule has 2 aliphatic heterocycles. The van der Waals surface area contributed by atoms with E-state index in [2.05, 4.69) is 24.5 Å². The number of nitrogens with one attached hydrogen (secondary N) is 2. The molecule has 1 aliphatic carbocycles. The van der Waals surface area contributed by atoms with Crippen LogP contribution >= 0.6 is 0 Å². The first kappa shape index (κ1) is 25.4. The number of hydrogen-bond donors (Lipinski definition) is 2. The third-order valence-electron chi connectivity index (χ3n) is 7.17. The summed E-state index contributed by atoms with van der Waals surface area (Å²) in [5, 5.41) is 7.14. The maximum atomic E-state index is 6.33. The molecule has 182 valence electrons. The van der Waals surface area contributed by atoms with Gasteiger partial charge in [-0.05, 0) is 64.2 Å². The summed E-state index contributed by atoms with van der Waals surface area (Å²) in [5.74, 6) is 0.914. The van der Waals surface area contributed by atoms with Crippen LogP contribution in [0, 0.1) is 11.8 Å². The van der Waals surface area contributed by atoms with E-state index in [1.807, 2.05) is 13.8 Å². The van der Waals surface area contributed by atoms with E-state index in [4.69, 9.17) is 18.9 Å². The van der Waals surface area contributed by atoms with E-state index in [0.717, 1.165) is 44.9 Å². The fourth-order valence-corrected chi connectivity index (χ4v) is 5.28. The molecule has 0 aromatic rings. The molecule has 6 nitrogen and oxygen atoms in total. The van der Waals surface area contributed by atoms with Crippen LogP contribution in [0.1, 0.15) is 98.3 Å². The lowest BCUT2D eigenvalue weighted by Crippen LogP contribution is -2.56. The van der Waals surface area contributed by atoms with Gasteiger partial charge in [-0.1, -0.05) is 46.0 Å². The minimum atomic E-state index is -0.532. The van der Waals surface area contributed by atoms with Crippen molar-refractivity contribution in [1.29, 1.82) is 0 Å². The highest BCUT2D eigenvalue weighted by Crippen LogP contribution is 2.36. The summed E-state index contributed by atoms with van der Waals surface area (Å²) in [5.41, 5.74) is 0. The van der Waals surface area contributed by atoms with Gasteiger partial charge in [-0.15, -0.1) is 0 Å². The molecule has 6 heteroatoms. The van der Waals surface area contributed by atoms with Crippen molar-refractivity contribution >= 4 is 0 Å². The van der Waals surface area contributed by atoms with Crippen LogP contribution in [-0.4, -0.2) is 50.3 Å². The zero-order valence-corrected chi connectivity index (χ0v) is 20.5. The molecule has 2 saturated heterocycles. The van der Waals surface area contributed by atoms with Gasteiger partial charge >= 0.3 is 0 Å². The van der Waals surface area contributed by atoms with Gasteiger partial charge in [0, 0.05) is 13.1 Å². The van der Waals surface area contributed by atoms with Crippen molar-refractivity contribution in [3.63, 3.8) is 0 Å². The van der Waals surface area contributed by atoms with Crippen LogP contribution in [0.3, 0.4) is 0 Å². The topological polar surface area (TPSA) is 61.0 Å². The van der Waals surface area contributed by atoms with E-state index in [0.29, 0.717) is 12.0 Å². The second-order valence-corrected chi connectivity index (χ2v) is 10.2. The van der Waals surface area contributed by atoms with E-state index in [9.17, 15) is 0 Å². The maximum absolute atomic E-state index is 6.33. The predicted octanol–water partition coefficient (Wildman–Crippen LogP) is 4.92.